The molecule has 0 aliphatic carbocycles. The predicted molar refractivity (Wildman–Crippen MR) is 134 cm³/mol. The molecule has 0 spiro atoms. The predicted octanol–water partition coefficient (Wildman–Crippen LogP) is 8.03. The summed E-state index contributed by atoms with van der Waals surface area (Å²) in [5.74, 6) is 0. The maximum Gasteiger partial charge on any atom is 0.00388 e. The van der Waals surface area contributed by atoms with Crippen LogP contribution in [0.3, 0.4) is 0 Å². The van der Waals surface area contributed by atoms with Crippen LogP contribution in [0.4, 0.5) is 0 Å². The topological polar surface area (TPSA) is 29.3 Å². The van der Waals surface area contributed by atoms with E-state index in [1.807, 2.05) is 0 Å². The third kappa shape index (κ3) is 25.4. The van der Waals surface area contributed by atoms with Crippen molar-refractivity contribution >= 4 is 0 Å². The molecule has 0 radical (unpaired) electrons. The van der Waals surface area contributed by atoms with Crippen LogP contribution in [-0.4, -0.2) is 31.6 Å². The van der Waals surface area contributed by atoms with E-state index in [9.17, 15) is 0 Å². The minimum atomic E-state index is 0.437. The van der Waals surface area contributed by atoms with Crippen LogP contribution in [0.25, 0.3) is 0 Å². The Kier molecular flexibility index (Phi) is 23.2. The van der Waals surface area contributed by atoms with E-state index >= 15 is 0 Å². The van der Waals surface area contributed by atoms with Gasteiger partial charge < -0.3 is 10.6 Å². The highest BCUT2D eigenvalue weighted by Gasteiger charge is 2.02. The molecule has 29 heavy (non-hydrogen) atoms. The quantitative estimate of drug-likeness (QED) is 0.146. The summed E-state index contributed by atoms with van der Waals surface area (Å²) in [6.07, 6.45) is 33.1. The van der Waals surface area contributed by atoms with Crippen molar-refractivity contribution in [1.29, 1.82) is 0 Å². The van der Waals surface area contributed by atoms with Crippen molar-refractivity contribution in [2.24, 2.45) is 5.73 Å². The lowest BCUT2D eigenvalue weighted by Crippen LogP contribution is -2.19. The van der Waals surface area contributed by atoms with Gasteiger partial charge in [0.25, 0.3) is 0 Å². The van der Waals surface area contributed by atoms with E-state index < -0.39 is 0 Å². The van der Waals surface area contributed by atoms with Crippen molar-refractivity contribution in [3.63, 3.8) is 0 Å². The van der Waals surface area contributed by atoms with Gasteiger partial charge in [-0.1, -0.05) is 95.4 Å². The Bertz CT molecular complexity index is 360. The molecule has 1 atom stereocenters. The third-order valence-electron chi connectivity index (χ3n) is 5.71. The van der Waals surface area contributed by atoms with Crippen molar-refractivity contribution in [2.75, 3.05) is 20.6 Å². The molecule has 0 aromatic carbocycles. The molecule has 0 aliphatic heterocycles. The van der Waals surface area contributed by atoms with Gasteiger partial charge in [0.2, 0.25) is 0 Å². The molecule has 0 bridgehead atoms. The SMILES string of the molecule is CCCCCC=CCC=CCCCCCCCCCC(N)CCCCCN(C)C. The summed E-state index contributed by atoms with van der Waals surface area (Å²) in [6.45, 7) is 3.47. The van der Waals surface area contributed by atoms with E-state index in [1.54, 1.807) is 0 Å². The molecule has 0 heterocycles. The Morgan fingerprint density at radius 1 is 0.621 bits per heavy atom. The first-order valence-electron chi connectivity index (χ1n) is 12.9. The van der Waals surface area contributed by atoms with Crippen LogP contribution in [-0.2, 0) is 0 Å². The molecule has 0 amide bonds. The van der Waals surface area contributed by atoms with Crippen LogP contribution in [0.15, 0.2) is 24.3 Å². The van der Waals surface area contributed by atoms with Gasteiger partial charge in [-0.15, -0.1) is 0 Å². The summed E-state index contributed by atoms with van der Waals surface area (Å²) in [6, 6.07) is 0.437. The molecule has 2 heteroatoms. The van der Waals surface area contributed by atoms with Gasteiger partial charge >= 0.3 is 0 Å². The second-order valence-electron chi connectivity index (χ2n) is 9.14. The summed E-state index contributed by atoms with van der Waals surface area (Å²) in [4.78, 5) is 2.27. The molecule has 0 saturated heterocycles. The Morgan fingerprint density at radius 2 is 1.10 bits per heavy atom. The number of rotatable bonds is 22. The number of hydrogen-bond acceptors (Lipinski definition) is 2. The van der Waals surface area contributed by atoms with Crippen LogP contribution in [0.1, 0.15) is 122 Å². The highest BCUT2D eigenvalue weighted by Crippen LogP contribution is 2.13. The molecule has 2 N–H and O–H groups in total. The molecule has 0 aliphatic rings. The third-order valence-corrected chi connectivity index (χ3v) is 5.71. The van der Waals surface area contributed by atoms with Gasteiger partial charge in [-0.05, 0) is 72.0 Å². The zero-order valence-electron chi connectivity index (χ0n) is 20.3. The van der Waals surface area contributed by atoms with Crippen molar-refractivity contribution in [2.45, 2.75) is 129 Å². The van der Waals surface area contributed by atoms with Crippen molar-refractivity contribution in [3.05, 3.63) is 24.3 Å². The second kappa shape index (κ2) is 23.7. The summed E-state index contributed by atoms with van der Waals surface area (Å²) < 4.78 is 0. The van der Waals surface area contributed by atoms with Gasteiger partial charge in [-0.2, -0.15) is 0 Å². The molecular formula is C27H54N2. The molecule has 2 nitrogen and oxygen atoms in total. The number of hydrogen-bond donors (Lipinski definition) is 1. The van der Waals surface area contributed by atoms with Gasteiger partial charge in [0, 0.05) is 6.04 Å². The first kappa shape index (κ1) is 28.4. The summed E-state index contributed by atoms with van der Waals surface area (Å²) >= 11 is 0. The number of nitrogens with zero attached hydrogens (tertiary/aromatic N) is 1. The highest BCUT2D eigenvalue weighted by atomic mass is 15.0. The maximum atomic E-state index is 6.26. The van der Waals surface area contributed by atoms with E-state index in [1.165, 1.54) is 116 Å². The number of allylic oxidation sites excluding steroid dienone is 4. The fraction of sp³-hybridized carbons (Fsp3) is 0.852. The molecule has 172 valence electrons. The fourth-order valence-corrected chi connectivity index (χ4v) is 3.73. The lowest BCUT2D eigenvalue weighted by molar-refractivity contribution is 0.386. The maximum absolute atomic E-state index is 6.26. The Balaban J connectivity index is 3.24. The minimum Gasteiger partial charge on any atom is -0.328 e. The van der Waals surface area contributed by atoms with Crippen LogP contribution >= 0.6 is 0 Å². The molecular weight excluding hydrogens is 352 g/mol. The van der Waals surface area contributed by atoms with Crippen LogP contribution < -0.4 is 5.73 Å². The molecule has 0 rings (SSSR count). The first-order valence-corrected chi connectivity index (χ1v) is 12.9. The largest absolute Gasteiger partial charge is 0.328 e. The zero-order valence-corrected chi connectivity index (χ0v) is 20.3. The minimum absolute atomic E-state index is 0.437. The smallest absolute Gasteiger partial charge is 0.00388 e. The van der Waals surface area contributed by atoms with Crippen LogP contribution in [0.2, 0.25) is 0 Å². The summed E-state index contributed by atoms with van der Waals surface area (Å²) in [5, 5.41) is 0. The normalized spacial score (nSPS) is 13.3. The number of nitrogens with two attached hydrogens (primary N) is 1. The first-order chi connectivity index (χ1) is 14.2. The van der Waals surface area contributed by atoms with Gasteiger partial charge in [0.05, 0.1) is 0 Å². The number of unbranched alkanes of at least 4 members (excludes halogenated alkanes) is 12. The van der Waals surface area contributed by atoms with Crippen molar-refractivity contribution in [3.8, 4) is 0 Å². The Labute approximate surface area is 184 Å². The van der Waals surface area contributed by atoms with Crippen LogP contribution in [0, 0.1) is 0 Å². The second-order valence-corrected chi connectivity index (χ2v) is 9.14. The average Bonchev–Trinajstić information content (AvgIpc) is 2.69. The van der Waals surface area contributed by atoms with E-state index in [0.717, 1.165) is 6.42 Å². The molecule has 0 fully saturated rings. The summed E-state index contributed by atoms with van der Waals surface area (Å²) in [5.41, 5.74) is 6.26. The highest BCUT2D eigenvalue weighted by molar-refractivity contribution is 4.92. The van der Waals surface area contributed by atoms with E-state index in [-0.39, 0.29) is 0 Å². The standard InChI is InChI=1S/C27H54N2/c1-4-5-6-7-8-9-10-11-12-13-14-15-16-17-18-19-21-24-27(28)25-22-20-23-26-29(2)3/h8-9,11-12,27H,4-7,10,13-26,28H2,1-3H3. The lowest BCUT2D eigenvalue weighted by atomic mass is 10.0. The summed E-state index contributed by atoms with van der Waals surface area (Å²) in [7, 11) is 4.30. The van der Waals surface area contributed by atoms with Gasteiger partial charge in [-0.25, -0.2) is 0 Å². The van der Waals surface area contributed by atoms with E-state index in [0.29, 0.717) is 6.04 Å². The molecule has 0 saturated carbocycles. The monoisotopic (exact) mass is 406 g/mol. The van der Waals surface area contributed by atoms with Gasteiger partial charge in [0.15, 0.2) is 0 Å². The van der Waals surface area contributed by atoms with Gasteiger partial charge in [0.1, 0.15) is 0 Å². The fourth-order valence-electron chi connectivity index (χ4n) is 3.73. The average molecular weight is 407 g/mol. The van der Waals surface area contributed by atoms with Crippen molar-refractivity contribution < 1.29 is 0 Å². The Morgan fingerprint density at radius 3 is 1.66 bits per heavy atom. The van der Waals surface area contributed by atoms with Crippen LogP contribution in [0.5, 0.6) is 0 Å². The zero-order chi connectivity index (χ0) is 21.4. The molecule has 1 unspecified atom stereocenters. The lowest BCUT2D eigenvalue weighted by Gasteiger charge is -2.12. The van der Waals surface area contributed by atoms with E-state index in [2.05, 4.69) is 50.2 Å². The molecule has 0 aromatic heterocycles. The van der Waals surface area contributed by atoms with Gasteiger partial charge in [-0.3, -0.25) is 0 Å². The molecule has 0 aromatic rings. The van der Waals surface area contributed by atoms with E-state index in [4.69, 9.17) is 5.73 Å². The van der Waals surface area contributed by atoms with Crippen molar-refractivity contribution in [1.82, 2.24) is 4.90 Å². The Hall–Kier alpha value is -0.600.